The van der Waals surface area contributed by atoms with Gasteiger partial charge in [-0.2, -0.15) is 0 Å². The van der Waals surface area contributed by atoms with E-state index < -0.39 is 18.1 Å². The Morgan fingerprint density at radius 1 is 1.24 bits per heavy atom. The second-order valence-corrected chi connectivity index (χ2v) is 6.12. The molecular formula is C18H25FO2. The molecule has 0 heterocycles. The first-order valence-corrected chi connectivity index (χ1v) is 7.24. The van der Waals surface area contributed by atoms with Crippen LogP contribution in [0.4, 0.5) is 4.39 Å². The molecule has 1 aromatic rings. The lowest BCUT2D eigenvalue weighted by molar-refractivity contribution is -0.276. The number of rotatable bonds is 8. The van der Waals surface area contributed by atoms with E-state index in [4.69, 9.17) is 15.9 Å². The van der Waals surface area contributed by atoms with Gasteiger partial charge in [0.1, 0.15) is 12.3 Å². The molecule has 0 fully saturated rings. The lowest BCUT2D eigenvalue weighted by Crippen LogP contribution is -2.44. The lowest BCUT2D eigenvalue weighted by Gasteiger charge is -2.36. The minimum absolute atomic E-state index is 0.281. The zero-order valence-corrected chi connectivity index (χ0v) is 13.4. The zero-order valence-electron chi connectivity index (χ0n) is 13.4. The maximum Gasteiger partial charge on any atom is 0.196 e. The van der Waals surface area contributed by atoms with Crippen molar-refractivity contribution in [2.24, 2.45) is 5.92 Å². The summed E-state index contributed by atoms with van der Waals surface area (Å²) in [5.41, 5.74) is 0.123. The first-order valence-electron chi connectivity index (χ1n) is 7.24. The topological polar surface area (TPSA) is 18.5 Å². The highest BCUT2D eigenvalue weighted by atomic mass is 19.1. The van der Waals surface area contributed by atoms with Crippen LogP contribution in [0, 0.1) is 18.3 Å². The third kappa shape index (κ3) is 5.87. The van der Waals surface area contributed by atoms with E-state index in [2.05, 4.69) is 19.8 Å². The van der Waals surface area contributed by atoms with Crippen LogP contribution in [0.15, 0.2) is 30.3 Å². The first kappa shape index (κ1) is 17.7. The summed E-state index contributed by atoms with van der Waals surface area (Å²) in [5, 5.41) is 0. The van der Waals surface area contributed by atoms with E-state index in [1.54, 1.807) is 13.8 Å². The van der Waals surface area contributed by atoms with Gasteiger partial charge in [-0.15, -0.1) is 6.42 Å². The van der Waals surface area contributed by atoms with Crippen LogP contribution in [0.25, 0.3) is 0 Å². The molecule has 2 unspecified atom stereocenters. The van der Waals surface area contributed by atoms with Crippen molar-refractivity contribution in [2.45, 2.75) is 52.1 Å². The fourth-order valence-corrected chi connectivity index (χ4v) is 2.29. The fraction of sp³-hybridized carbons (Fsp3) is 0.556. The number of hydrogen-bond acceptors (Lipinski definition) is 2. The molecule has 2 atom stereocenters. The van der Waals surface area contributed by atoms with Crippen molar-refractivity contribution < 1.29 is 13.9 Å². The minimum atomic E-state index is -1.34. The van der Waals surface area contributed by atoms with Crippen LogP contribution in [-0.4, -0.2) is 18.1 Å². The number of ether oxygens (including phenoxy) is 2. The van der Waals surface area contributed by atoms with Crippen molar-refractivity contribution in [3.8, 4) is 12.3 Å². The molecule has 1 rings (SSSR count). The molecule has 0 bridgehead atoms. The van der Waals surface area contributed by atoms with Crippen LogP contribution in [0.5, 0.6) is 0 Å². The monoisotopic (exact) mass is 292 g/mol. The average molecular weight is 292 g/mol. The molecule has 2 nitrogen and oxygen atoms in total. The predicted octanol–water partition coefficient (Wildman–Crippen LogP) is 4.34. The SMILES string of the molecule is C#CC(C)(CC(C)C)OC(C)(CF)OCc1ccccc1. The van der Waals surface area contributed by atoms with Crippen molar-refractivity contribution in [3.63, 3.8) is 0 Å². The largest absolute Gasteiger partial charge is 0.343 e. The van der Waals surface area contributed by atoms with Crippen LogP contribution in [0.3, 0.4) is 0 Å². The molecule has 116 valence electrons. The van der Waals surface area contributed by atoms with E-state index >= 15 is 0 Å². The lowest BCUT2D eigenvalue weighted by atomic mass is 9.94. The van der Waals surface area contributed by atoms with Crippen LogP contribution in [0.2, 0.25) is 0 Å². The normalized spacial score (nSPS) is 17.0. The van der Waals surface area contributed by atoms with E-state index in [1.165, 1.54) is 0 Å². The van der Waals surface area contributed by atoms with Crippen molar-refractivity contribution in [1.29, 1.82) is 0 Å². The van der Waals surface area contributed by atoms with Gasteiger partial charge in [0.2, 0.25) is 0 Å². The third-order valence-electron chi connectivity index (χ3n) is 3.17. The number of halogens is 1. The zero-order chi connectivity index (χ0) is 15.9. The molecule has 1 aromatic carbocycles. The van der Waals surface area contributed by atoms with Crippen molar-refractivity contribution in [2.75, 3.05) is 6.67 Å². The van der Waals surface area contributed by atoms with Crippen LogP contribution in [-0.2, 0) is 16.1 Å². The standard InChI is InChI=1S/C18H25FO2/c1-6-17(4,12-15(2)3)21-18(5,14-19)20-13-16-10-8-7-9-11-16/h1,7-11,15H,12-14H2,2-5H3. The summed E-state index contributed by atoms with van der Waals surface area (Å²) in [7, 11) is 0. The summed E-state index contributed by atoms with van der Waals surface area (Å²) in [4.78, 5) is 0. The first-order chi connectivity index (χ1) is 9.82. The highest BCUT2D eigenvalue weighted by Gasteiger charge is 2.36. The van der Waals surface area contributed by atoms with E-state index in [-0.39, 0.29) is 6.61 Å². The molecule has 0 radical (unpaired) electrons. The number of hydrogen-bond donors (Lipinski definition) is 0. The molecular weight excluding hydrogens is 267 g/mol. The van der Waals surface area contributed by atoms with Gasteiger partial charge in [0.15, 0.2) is 5.79 Å². The van der Waals surface area contributed by atoms with Gasteiger partial charge in [0.05, 0.1) is 6.61 Å². The van der Waals surface area contributed by atoms with E-state index in [1.807, 2.05) is 30.3 Å². The van der Waals surface area contributed by atoms with Crippen LogP contribution < -0.4 is 0 Å². The molecule has 0 saturated carbocycles. The molecule has 0 amide bonds. The molecule has 0 aliphatic carbocycles. The Balaban J connectivity index is 2.72. The molecule has 0 aromatic heterocycles. The predicted molar refractivity (Wildman–Crippen MR) is 83.4 cm³/mol. The Labute approximate surface area is 127 Å². The fourth-order valence-electron chi connectivity index (χ4n) is 2.29. The summed E-state index contributed by atoms with van der Waals surface area (Å²) in [6.07, 6.45) is 6.22. The van der Waals surface area contributed by atoms with Gasteiger partial charge in [-0.3, -0.25) is 0 Å². The maximum absolute atomic E-state index is 13.4. The Bertz CT molecular complexity index is 466. The van der Waals surface area contributed by atoms with Gasteiger partial charge in [-0.25, -0.2) is 4.39 Å². The number of terminal acetylenes is 1. The Hall–Kier alpha value is -1.37. The van der Waals surface area contributed by atoms with Crippen LogP contribution in [0.1, 0.15) is 39.7 Å². The summed E-state index contributed by atoms with van der Waals surface area (Å²) in [6.45, 7) is 7.02. The summed E-state index contributed by atoms with van der Waals surface area (Å²) < 4.78 is 24.9. The van der Waals surface area contributed by atoms with Gasteiger partial charge in [0.25, 0.3) is 0 Å². The van der Waals surface area contributed by atoms with E-state index in [0.717, 1.165) is 5.56 Å². The molecule has 0 spiro atoms. The highest BCUT2D eigenvalue weighted by molar-refractivity contribution is 5.13. The smallest absolute Gasteiger partial charge is 0.196 e. The van der Waals surface area contributed by atoms with Gasteiger partial charge in [-0.05, 0) is 31.7 Å². The molecule has 0 N–H and O–H groups in total. The Morgan fingerprint density at radius 3 is 2.33 bits per heavy atom. The van der Waals surface area contributed by atoms with Gasteiger partial charge in [0, 0.05) is 0 Å². The molecule has 3 heteroatoms. The van der Waals surface area contributed by atoms with Crippen molar-refractivity contribution >= 4 is 0 Å². The van der Waals surface area contributed by atoms with Crippen molar-refractivity contribution in [3.05, 3.63) is 35.9 Å². The molecule has 0 saturated heterocycles. The molecule has 0 aliphatic rings. The van der Waals surface area contributed by atoms with E-state index in [0.29, 0.717) is 12.3 Å². The summed E-state index contributed by atoms with van der Waals surface area (Å²) >= 11 is 0. The number of benzene rings is 1. The maximum atomic E-state index is 13.4. The van der Waals surface area contributed by atoms with Gasteiger partial charge >= 0.3 is 0 Å². The summed E-state index contributed by atoms with van der Waals surface area (Å²) in [5.74, 6) is 1.64. The second-order valence-electron chi connectivity index (χ2n) is 6.12. The second kappa shape index (κ2) is 7.59. The third-order valence-corrected chi connectivity index (χ3v) is 3.17. The summed E-state index contributed by atoms with van der Waals surface area (Å²) in [6, 6.07) is 9.60. The van der Waals surface area contributed by atoms with Crippen molar-refractivity contribution in [1.82, 2.24) is 0 Å². The molecule has 21 heavy (non-hydrogen) atoms. The van der Waals surface area contributed by atoms with Gasteiger partial charge < -0.3 is 9.47 Å². The van der Waals surface area contributed by atoms with E-state index in [9.17, 15) is 4.39 Å². The minimum Gasteiger partial charge on any atom is -0.343 e. The van der Waals surface area contributed by atoms with Crippen LogP contribution >= 0.6 is 0 Å². The highest BCUT2D eigenvalue weighted by Crippen LogP contribution is 2.28. The number of alkyl halides is 1. The van der Waals surface area contributed by atoms with Gasteiger partial charge in [-0.1, -0.05) is 50.1 Å². The Morgan fingerprint density at radius 2 is 1.86 bits per heavy atom. The quantitative estimate of drug-likeness (QED) is 0.524. The molecule has 0 aliphatic heterocycles. The average Bonchev–Trinajstić information content (AvgIpc) is 2.45. The Kier molecular flexibility index (Phi) is 6.39.